The Morgan fingerprint density at radius 2 is 0.783 bits per heavy atom. The van der Waals surface area contributed by atoms with Gasteiger partial charge in [0, 0.05) is 101 Å². The van der Waals surface area contributed by atoms with Gasteiger partial charge in [-0.3, -0.25) is 0 Å². The topological polar surface area (TPSA) is 96.9 Å². The molecule has 3 aliphatic heterocycles. The number of hydrogen-bond acceptors (Lipinski definition) is 9. The third-order valence-corrected chi connectivity index (χ3v) is 14.0. The van der Waals surface area contributed by atoms with Crippen molar-refractivity contribution in [3.63, 3.8) is 0 Å². The summed E-state index contributed by atoms with van der Waals surface area (Å²) in [6, 6.07) is 30.7. The van der Waals surface area contributed by atoms with Gasteiger partial charge in [-0.1, -0.05) is 102 Å². The Morgan fingerprint density at radius 1 is 0.464 bits per heavy atom. The summed E-state index contributed by atoms with van der Waals surface area (Å²) in [4.78, 5) is 4.67. The van der Waals surface area contributed by atoms with Crippen LogP contribution in [0.25, 0.3) is 17.1 Å². The molecule has 0 unspecified atom stereocenters. The molecular formula is C50H61BBr5IN8O4. The largest absolute Gasteiger partial charge is 0.494 e. The predicted molar refractivity (Wildman–Crippen MR) is 310 cm³/mol. The molecule has 0 N–H and O–H groups in total. The fraction of sp³-hybridized carbons (Fsp3) is 0.340. The zero-order valence-corrected chi connectivity index (χ0v) is 46.9. The summed E-state index contributed by atoms with van der Waals surface area (Å²) in [5.41, 5.74) is 5.74. The van der Waals surface area contributed by atoms with Gasteiger partial charge in [-0.15, -0.1) is 0 Å². The second kappa shape index (κ2) is 27.3. The smallest absolute Gasteiger partial charge is 0.399 e. The van der Waals surface area contributed by atoms with E-state index in [4.69, 9.17) is 18.8 Å². The summed E-state index contributed by atoms with van der Waals surface area (Å²) in [5, 5.41) is 12.8. The highest BCUT2D eigenvalue weighted by Gasteiger charge is 2.52. The first-order chi connectivity index (χ1) is 31.6. The number of benzene rings is 4. The number of nitrogens with zero attached hydrogens (tertiary/aromatic N) is 8. The zero-order chi connectivity index (χ0) is 46.8. The highest BCUT2D eigenvalue weighted by atomic mass is 127. The van der Waals surface area contributed by atoms with Crippen LogP contribution in [-0.2, 0) is 18.8 Å². The highest BCUT2D eigenvalue weighted by Crippen LogP contribution is 2.37. The molecule has 0 amide bonds. The predicted octanol–water partition coefficient (Wildman–Crippen LogP) is 13.6. The average molecular weight is 1380 g/mol. The quantitative estimate of drug-likeness (QED) is 0.119. The van der Waals surface area contributed by atoms with Crippen LogP contribution in [0.15, 0.2) is 151 Å². The third-order valence-electron chi connectivity index (χ3n) is 11.1. The summed E-state index contributed by atoms with van der Waals surface area (Å²) in [6.07, 6.45) is 11.1. The van der Waals surface area contributed by atoms with Gasteiger partial charge in [-0.05, 0) is 147 Å². The minimum Gasteiger partial charge on any atom is -0.399 e. The Kier molecular flexibility index (Phi) is 23.2. The van der Waals surface area contributed by atoms with Gasteiger partial charge in [0.2, 0.25) is 0 Å². The number of rotatable bonds is 6. The van der Waals surface area contributed by atoms with Crippen molar-refractivity contribution in [3.05, 3.63) is 154 Å². The first-order valence-corrected chi connectivity index (χ1v) is 26.2. The van der Waals surface area contributed by atoms with Crippen LogP contribution in [0.1, 0.15) is 50.0 Å². The summed E-state index contributed by atoms with van der Waals surface area (Å²) >= 11 is 19.4. The van der Waals surface area contributed by atoms with Gasteiger partial charge < -0.3 is 28.6 Å². The molecule has 3 saturated heterocycles. The van der Waals surface area contributed by atoms with Crippen molar-refractivity contribution in [1.82, 2.24) is 29.3 Å². The molecule has 0 radical (unpaired) electrons. The number of aromatic nitrogens is 6. The minimum atomic E-state index is -0.393. The first kappa shape index (κ1) is 58.7. The van der Waals surface area contributed by atoms with E-state index in [2.05, 4.69) is 204 Å². The Balaban J connectivity index is 0.000000211. The van der Waals surface area contributed by atoms with Crippen molar-refractivity contribution in [3.8, 4) is 17.1 Å². The molecule has 19 heteroatoms. The fourth-order valence-electron chi connectivity index (χ4n) is 7.02. The van der Waals surface area contributed by atoms with Crippen molar-refractivity contribution in [1.29, 1.82) is 0 Å². The summed E-state index contributed by atoms with van der Waals surface area (Å²) in [7, 11) is -0.393. The van der Waals surface area contributed by atoms with Crippen LogP contribution < -0.4 is 15.3 Å². The fourth-order valence-corrected chi connectivity index (χ4v) is 11.6. The van der Waals surface area contributed by atoms with Crippen LogP contribution in [-0.4, -0.2) is 100 Å². The number of anilines is 2. The lowest BCUT2D eigenvalue weighted by molar-refractivity contribution is 0.00578. The molecule has 4 aromatic carbocycles. The molecule has 0 spiro atoms. The molecular weight excluding hydrogens is 1310 g/mol. The number of morpholine rings is 2. The lowest BCUT2D eigenvalue weighted by Crippen LogP contribution is -2.41. The van der Waals surface area contributed by atoms with E-state index < -0.39 is 7.12 Å². The molecule has 3 fully saturated rings. The Labute approximate surface area is 464 Å². The molecule has 0 bridgehead atoms. The van der Waals surface area contributed by atoms with Gasteiger partial charge in [0.1, 0.15) is 0 Å². The molecule has 0 atom stereocenters. The molecule has 3 aliphatic rings. The van der Waals surface area contributed by atoms with Crippen molar-refractivity contribution < 1.29 is 18.8 Å². The maximum atomic E-state index is 6.27. The van der Waals surface area contributed by atoms with Crippen LogP contribution in [0.3, 0.4) is 0 Å². The maximum Gasteiger partial charge on any atom is 0.494 e. The Bertz CT molecular complexity index is 2540. The van der Waals surface area contributed by atoms with Crippen molar-refractivity contribution in [2.75, 3.05) is 62.4 Å². The van der Waals surface area contributed by atoms with E-state index in [9.17, 15) is 0 Å². The lowest BCUT2D eigenvalue weighted by Gasteiger charge is -2.32. The van der Waals surface area contributed by atoms with Crippen LogP contribution in [0, 0.1) is 3.57 Å². The van der Waals surface area contributed by atoms with E-state index in [1.807, 2.05) is 75.1 Å². The molecule has 10 rings (SSSR count). The van der Waals surface area contributed by atoms with E-state index in [0.717, 1.165) is 103 Å². The van der Waals surface area contributed by atoms with Gasteiger partial charge in [-0.25, -0.2) is 14.0 Å². The monoisotopic (exact) mass is 1370 g/mol. The van der Waals surface area contributed by atoms with Crippen LogP contribution in [0.5, 0.6) is 0 Å². The zero-order valence-electron chi connectivity index (χ0n) is 36.8. The standard InChI is InChI=1S/C19H26BN3O3.C13H14BrN3O.C9H6Br2N2.C6H3Br2I.3CH4/c1-18(2)19(3,4)26-20(25-18)15-12-16(22-8-10-24-11-9-22)14-17(13-15)23-7-5-6-21-23;14-11-8-12(16-4-6-18-7-5-16)10-13(9-11)17-3-1-2-15-17;10-7-4-8(11)6-9(5-7)13-3-1-2-12-13;7-4-1-5(8)3-6(9)2-4;;;/h5-7,12-14H,8-11H2,1-4H3;1-3,8-10H,4-7H2;1-6H;1-3H;3*1H4. The molecule has 12 nitrogen and oxygen atoms in total. The van der Waals surface area contributed by atoms with E-state index in [0.29, 0.717) is 0 Å². The normalized spacial score (nSPS) is 15.7. The molecule has 6 heterocycles. The van der Waals surface area contributed by atoms with Crippen LogP contribution in [0.4, 0.5) is 11.4 Å². The number of ether oxygens (including phenoxy) is 2. The SMILES string of the molecule is Brc1cc(Br)cc(-n2cccn2)c1.Brc1cc(Br)cc(I)c1.Brc1cc(N2CCOCC2)cc(-n2cccn2)c1.C.C.C.CC1(C)OB(c2cc(N3CCOCC3)cc(-n3cccn3)c2)OC1(C)C. The van der Waals surface area contributed by atoms with Gasteiger partial charge in [0.25, 0.3) is 0 Å². The van der Waals surface area contributed by atoms with Gasteiger partial charge in [0.15, 0.2) is 0 Å². The maximum absolute atomic E-state index is 6.27. The molecule has 370 valence electrons. The molecule has 69 heavy (non-hydrogen) atoms. The average Bonchev–Trinajstić information content (AvgIpc) is 4.14. The molecule has 0 saturated carbocycles. The van der Waals surface area contributed by atoms with Gasteiger partial charge in [0.05, 0.1) is 54.7 Å². The van der Waals surface area contributed by atoms with Crippen molar-refractivity contribution in [2.45, 2.75) is 61.2 Å². The lowest BCUT2D eigenvalue weighted by atomic mass is 9.78. The van der Waals surface area contributed by atoms with E-state index in [1.54, 1.807) is 18.6 Å². The van der Waals surface area contributed by atoms with Gasteiger partial charge >= 0.3 is 7.12 Å². The van der Waals surface area contributed by atoms with Crippen molar-refractivity contribution in [2.24, 2.45) is 0 Å². The molecule has 3 aromatic heterocycles. The van der Waals surface area contributed by atoms with Crippen LogP contribution >= 0.6 is 102 Å². The second-order valence-corrected chi connectivity index (χ2v) is 22.1. The van der Waals surface area contributed by atoms with Crippen LogP contribution in [0.2, 0.25) is 0 Å². The summed E-state index contributed by atoms with van der Waals surface area (Å²) in [5.74, 6) is 0. The van der Waals surface area contributed by atoms with E-state index in [1.165, 1.54) is 9.26 Å². The van der Waals surface area contributed by atoms with Crippen molar-refractivity contribution >= 4 is 126 Å². The summed E-state index contributed by atoms with van der Waals surface area (Å²) in [6.45, 7) is 15.0. The second-order valence-electron chi connectivity index (χ2n) is 16.3. The molecule has 0 aliphatic carbocycles. The number of hydrogen-bond donors (Lipinski definition) is 0. The molecule has 7 aromatic rings. The number of halogens is 6. The third kappa shape index (κ3) is 16.6. The van der Waals surface area contributed by atoms with E-state index >= 15 is 0 Å². The Morgan fingerprint density at radius 3 is 1.16 bits per heavy atom. The highest BCUT2D eigenvalue weighted by molar-refractivity contribution is 14.1. The Hall–Kier alpha value is -2.86. The van der Waals surface area contributed by atoms with Gasteiger partial charge in [-0.2, -0.15) is 15.3 Å². The first-order valence-electron chi connectivity index (χ1n) is 21.2. The van der Waals surface area contributed by atoms with E-state index in [-0.39, 0.29) is 33.5 Å². The minimum absolute atomic E-state index is 0. The summed E-state index contributed by atoms with van der Waals surface area (Å²) < 4.78 is 35.6.